The molecular weight excluding hydrogens is 468 g/mol. The monoisotopic (exact) mass is 494 g/mol. The molecule has 2 aromatic heterocycles. The summed E-state index contributed by atoms with van der Waals surface area (Å²) in [6.45, 7) is 6.17. The Balaban J connectivity index is 1.56. The molecule has 1 unspecified atom stereocenters. The van der Waals surface area contributed by atoms with Crippen LogP contribution in [0, 0.1) is 6.92 Å². The van der Waals surface area contributed by atoms with Gasteiger partial charge in [0.1, 0.15) is 23.4 Å². The number of thiazole rings is 1. The van der Waals surface area contributed by atoms with Crippen LogP contribution in [0.5, 0.6) is 17.2 Å². The molecule has 0 spiro atoms. The molecule has 0 aliphatic carbocycles. The topological polar surface area (TPSA) is 109 Å². The molecule has 10 heteroatoms. The maximum absolute atomic E-state index is 12.9. The van der Waals surface area contributed by atoms with Crippen molar-refractivity contribution in [2.75, 3.05) is 19.0 Å². The third-order valence-electron chi connectivity index (χ3n) is 4.83. The molecule has 0 saturated heterocycles. The molecule has 0 aliphatic rings. The summed E-state index contributed by atoms with van der Waals surface area (Å²) in [4.78, 5) is 18.1. The van der Waals surface area contributed by atoms with E-state index in [1.807, 2.05) is 32.9 Å². The van der Waals surface area contributed by atoms with E-state index in [9.17, 15) is 4.79 Å². The Labute approximate surface area is 207 Å². The molecule has 1 N–H and O–H groups in total. The number of amides is 1. The first-order chi connectivity index (χ1) is 16.9. The summed E-state index contributed by atoms with van der Waals surface area (Å²) in [7, 11) is 1.61. The smallest absolute Gasteiger partial charge is 0.257 e. The van der Waals surface area contributed by atoms with E-state index in [4.69, 9.17) is 18.6 Å². The SMILES string of the molecule is CCc1nnc(-c2ccc(Oc3cc(OC(C)COC)cc(C(=O)Nc4ncc(C)s4)c3)cc2)o1. The molecule has 0 fully saturated rings. The second kappa shape index (κ2) is 11.1. The first-order valence-corrected chi connectivity index (χ1v) is 11.9. The van der Waals surface area contributed by atoms with Gasteiger partial charge in [0.2, 0.25) is 11.8 Å². The highest BCUT2D eigenvalue weighted by Gasteiger charge is 2.15. The summed E-state index contributed by atoms with van der Waals surface area (Å²) in [5.74, 6) is 2.24. The van der Waals surface area contributed by atoms with Gasteiger partial charge < -0.3 is 18.6 Å². The number of benzene rings is 2. The molecular formula is C25H26N4O5S. The van der Waals surface area contributed by atoms with Crippen molar-refractivity contribution >= 4 is 22.4 Å². The van der Waals surface area contributed by atoms with Crippen LogP contribution < -0.4 is 14.8 Å². The summed E-state index contributed by atoms with van der Waals surface area (Å²) >= 11 is 1.40. The molecule has 35 heavy (non-hydrogen) atoms. The largest absolute Gasteiger partial charge is 0.488 e. The molecule has 1 amide bonds. The Morgan fingerprint density at radius 2 is 1.89 bits per heavy atom. The van der Waals surface area contributed by atoms with E-state index in [0.29, 0.717) is 52.8 Å². The number of nitrogens with zero attached hydrogens (tertiary/aromatic N) is 3. The molecule has 0 aliphatic heterocycles. The molecule has 4 rings (SSSR count). The lowest BCUT2D eigenvalue weighted by Crippen LogP contribution is -2.18. The van der Waals surface area contributed by atoms with Gasteiger partial charge in [-0.15, -0.1) is 21.5 Å². The number of hydrogen-bond acceptors (Lipinski definition) is 9. The highest BCUT2D eigenvalue weighted by molar-refractivity contribution is 7.15. The van der Waals surface area contributed by atoms with Crippen molar-refractivity contribution in [2.24, 2.45) is 0 Å². The summed E-state index contributed by atoms with van der Waals surface area (Å²) in [6, 6.07) is 12.3. The minimum absolute atomic E-state index is 0.213. The minimum Gasteiger partial charge on any atom is -0.488 e. The first kappa shape index (κ1) is 24.4. The fourth-order valence-electron chi connectivity index (χ4n) is 3.23. The van der Waals surface area contributed by atoms with Crippen LogP contribution >= 0.6 is 11.3 Å². The molecule has 0 bridgehead atoms. The molecule has 1 atom stereocenters. The second-order valence-corrected chi connectivity index (χ2v) is 9.02. The van der Waals surface area contributed by atoms with Crippen LogP contribution in [0.2, 0.25) is 0 Å². The van der Waals surface area contributed by atoms with Gasteiger partial charge in [-0.2, -0.15) is 0 Å². The highest BCUT2D eigenvalue weighted by atomic mass is 32.1. The van der Waals surface area contributed by atoms with Gasteiger partial charge in [0.15, 0.2) is 5.13 Å². The average molecular weight is 495 g/mol. The van der Waals surface area contributed by atoms with Gasteiger partial charge in [-0.3, -0.25) is 10.1 Å². The van der Waals surface area contributed by atoms with Crippen LogP contribution in [0.3, 0.4) is 0 Å². The van der Waals surface area contributed by atoms with Gasteiger partial charge in [0.05, 0.1) is 6.61 Å². The van der Waals surface area contributed by atoms with E-state index in [1.165, 1.54) is 11.3 Å². The fraction of sp³-hybridized carbons (Fsp3) is 0.280. The molecule has 2 heterocycles. The number of rotatable bonds is 10. The summed E-state index contributed by atoms with van der Waals surface area (Å²) in [5, 5.41) is 11.4. The van der Waals surface area contributed by atoms with Crippen LogP contribution in [0.25, 0.3) is 11.5 Å². The van der Waals surface area contributed by atoms with Gasteiger partial charge in [-0.05, 0) is 50.2 Å². The summed E-state index contributed by atoms with van der Waals surface area (Å²) < 4.78 is 22.8. The van der Waals surface area contributed by atoms with E-state index in [2.05, 4.69) is 20.5 Å². The highest BCUT2D eigenvalue weighted by Crippen LogP contribution is 2.30. The Morgan fingerprint density at radius 1 is 1.11 bits per heavy atom. The molecule has 4 aromatic rings. The second-order valence-electron chi connectivity index (χ2n) is 7.79. The van der Waals surface area contributed by atoms with Crippen molar-refractivity contribution in [1.29, 1.82) is 0 Å². The third-order valence-corrected chi connectivity index (χ3v) is 5.66. The number of hydrogen-bond donors (Lipinski definition) is 1. The van der Waals surface area contributed by atoms with Crippen molar-refractivity contribution in [3.8, 4) is 28.7 Å². The maximum atomic E-state index is 12.9. The molecule has 0 saturated carbocycles. The quantitative estimate of drug-likeness (QED) is 0.307. The zero-order valence-electron chi connectivity index (χ0n) is 19.9. The Hall–Kier alpha value is -3.76. The molecule has 9 nitrogen and oxygen atoms in total. The van der Waals surface area contributed by atoms with E-state index in [-0.39, 0.29) is 12.0 Å². The lowest BCUT2D eigenvalue weighted by molar-refractivity contribution is 0.0916. The van der Waals surface area contributed by atoms with Crippen molar-refractivity contribution in [1.82, 2.24) is 15.2 Å². The zero-order valence-corrected chi connectivity index (χ0v) is 20.7. The number of nitrogens with one attached hydrogen (secondary N) is 1. The average Bonchev–Trinajstić information content (AvgIpc) is 3.48. The normalized spacial score (nSPS) is 11.8. The predicted molar refractivity (Wildman–Crippen MR) is 132 cm³/mol. The van der Waals surface area contributed by atoms with Gasteiger partial charge in [-0.25, -0.2) is 4.98 Å². The van der Waals surface area contributed by atoms with Gasteiger partial charge in [0.25, 0.3) is 5.91 Å². The van der Waals surface area contributed by atoms with Crippen LogP contribution in [-0.2, 0) is 11.2 Å². The number of ether oxygens (including phenoxy) is 3. The standard InChI is InChI=1S/C25H26N4O5S/c1-5-22-28-29-24(34-22)17-6-8-19(9-7-17)33-21-11-18(10-20(12-21)32-15(2)14-31-4)23(30)27-25-26-13-16(3)35-25/h6-13,15H,5,14H2,1-4H3,(H,26,27,30). The van der Waals surface area contributed by atoms with E-state index in [0.717, 1.165) is 10.4 Å². The molecule has 0 radical (unpaired) electrons. The number of anilines is 1. The number of methoxy groups -OCH3 is 1. The number of aromatic nitrogens is 3. The Morgan fingerprint density at radius 3 is 2.54 bits per heavy atom. The van der Waals surface area contributed by atoms with Crippen LogP contribution in [0.1, 0.15) is 35.0 Å². The van der Waals surface area contributed by atoms with Crippen molar-refractivity contribution in [3.63, 3.8) is 0 Å². The number of carbonyl (C=O) groups excluding carboxylic acids is 1. The maximum Gasteiger partial charge on any atom is 0.257 e. The summed E-state index contributed by atoms with van der Waals surface area (Å²) in [5.41, 5.74) is 1.17. The van der Waals surface area contributed by atoms with Gasteiger partial charge in [0, 0.05) is 41.8 Å². The fourth-order valence-corrected chi connectivity index (χ4v) is 3.89. The van der Waals surface area contributed by atoms with E-state index < -0.39 is 0 Å². The van der Waals surface area contributed by atoms with Gasteiger partial charge in [-0.1, -0.05) is 6.92 Å². The minimum atomic E-state index is -0.312. The zero-order chi connectivity index (χ0) is 24.8. The van der Waals surface area contributed by atoms with Crippen molar-refractivity contribution < 1.29 is 23.4 Å². The van der Waals surface area contributed by atoms with Crippen LogP contribution in [0.15, 0.2) is 53.1 Å². The van der Waals surface area contributed by atoms with Crippen molar-refractivity contribution in [2.45, 2.75) is 33.3 Å². The van der Waals surface area contributed by atoms with E-state index >= 15 is 0 Å². The predicted octanol–water partition coefficient (Wildman–Crippen LogP) is 5.52. The lowest BCUT2D eigenvalue weighted by atomic mass is 10.1. The Bertz CT molecular complexity index is 1290. The number of aryl methyl sites for hydroxylation is 2. The van der Waals surface area contributed by atoms with Gasteiger partial charge >= 0.3 is 0 Å². The van der Waals surface area contributed by atoms with E-state index in [1.54, 1.807) is 43.6 Å². The first-order valence-electron chi connectivity index (χ1n) is 11.1. The molecule has 2 aromatic carbocycles. The van der Waals surface area contributed by atoms with Crippen molar-refractivity contribution in [3.05, 3.63) is 65.0 Å². The van der Waals surface area contributed by atoms with Crippen LogP contribution in [-0.4, -0.2) is 40.9 Å². The number of carbonyl (C=O) groups is 1. The van der Waals surface area contributed by atoms with Crippen LogP contribution in [0.4, 0.5) is 5.13 Å². The lowest BCUT2D eigenvalue weighted by Gasteiger charge is -2.16. The third kappa shape index (κ3) is 6.43. The molecule has 182 valence electrons. The Kier molecular flexibility index (Phi) is 7.74. The summed E-state index contributed by atoms with van der Waals surface area (Å²) in [6.07, 6.45) is 2.17.